The third-order valence-corrected chi connectivity index (χ3v) is 5.89. The standard InChI is InChI=1S/C23H39N5O.HI/c1-3-24-23(26(2)19-21-11-18-29-20-21)25-12-7-8-13-27-14-16-28(17-15-27)22-9-5-4-6-10-22;/h4-6,9-10,21H,3,7-8,11-20H2,1-2H3,(H,24,25);1H. The summed E-state index contributed by atoms with van der Waals surface area (Å²) in [6.07, 6.45) is 3.53. The quantitative estimate of drug-likeness (QED) is 0.231. The lowest BCUT2D eigenvalue weighted by molar-refractivity contribution is 0.181. The average molecular weight is 530 g/mol. The van der Waals surface area contributed by atoms with Crippen molar-refractivity contribution in [1.29, 1.82) is 0 Å². The second kappa shape index (κ2) is 14.1. The van der Waals surface area contributed by atoms with Crippen molar-refractivity contribution in [1.82, 2.24) is 15.1 Å². The predicted octanol–water partition coefficient (Wildman–Crippen LogP) is 3.14. The van der Waals surface area contributed by atoms with E-state index in [0.717, 1.165) is 71.4 Å². The largest absolute Gasteiger partial charge is 0.381 e. The van der Waals surface area contributed by atoms with Crippen molar-refractivity contribution < 1.29 is 4.74 Å². The summed E-state index contributed by atoms with van der Waals surface area (Å²) in [6.45, 7) is 12.5. The van der Waals surface area contributed by atoms with E-state index in [1.807, 2.05) is 0 Å². The Hall–Kier alpha value is -1.06. The van der Waals surface area contributed by atoms with E-state index in [4.69, 9.17) is 9.73 Å². The van der Waals surface area contributed by atoms with Crippen LogP contribution in [0.25, 0.3) is 0 Å². The lowest BCUT2D eigenvalue weighted by atomic mass is 10.1. The van der Waals surface area contributed by atoms with Gasteiger partial charge in [0.05, 0.1) is 6.61 Å². The molecule has 1 unspecified atom stereocenters. The molecule has 2 heterocycles. The molecule has 0 spiro atoms. The van der Waals surface area contributed by atoms with Crippen LogP contribution in [0.3, 0.4) is 0 Å². The maximum atomic E-state index is 5.51. The van der Waals surface area contributed by atoms with Gasteiger partial charge in [0.15, 0.2) is 5.96 Å². The average Bonchev–Trinajstić information content (AvgIpc) is 3.27. The Morgan fingerprint density at radius 1 is 1.17 bits per heavy atom. The summed E-state index contributed by atoms with van der Waals surface area (Å²) in [5, 5.41) is 3.44. The van der Waals surface area contributed by atoms with Crippen LogP contribution in [0.5, 0.6) is 0 Å². The van der Waals surface area contributed by atoms with Gasteiger partial charge in [-0.1, -0.05) is 18.2 Å². The number of rotatable bonds is 9. The molecule has 0 amide bonds. The highest BCUT2D eigenvalue weighted by molar-refractivity contribution is 14.0. The molecule has 0 radical (unpaired) electrons. The van der Waals surface area contributed by atoms with Crippen LogP contribution in [-0.2, 0) is 4.74 Å². The maximum absolute atomic E-state index is 5.51. The lowest BCUT2D eigenvalue weighted by Crippen LogP contribution is -2.46. The van der Waals surface area contributed by atoms with Crippen LogP contribution in [0.4, 0.5) is 5.69 Å². The second-order valence-electron chi connectivity index (χ2n) is 8.22. The first-order chi connectivity index (χ1) is 14.3. The molecule has 0 bridgehead atoms. The summed E-state index contributed by atoms with van der Waals surface area (Å²) in [5.74, 6) is 1.68. The van der Waals surface area contributed by atoms with Gasteiger partial charge in [0.1, 0.15) is 0 Å². The number of halogens is 1. The van der Waals surface area contributed by atoms with E-state index in [-0.39, 0.29) is 24.0 Å². The van der Waals surface area contributed by atoms with Gasteiger partial charge >= 0.3 is 0 Å². The van der Waals surface area contributed by atoms with Crippen LogP contribution in [-0.4, -0.2) is 88.4 Å². The van der Waals surface area contributed by atoms with Crippen LogP contribution in [0.2, 0.25) is 0 Å². The highest BCUT2D eigenvalue weighted by atomic mass is 127. The summed E-state index contributed by atoms with van der Waals surface area (Å²) in [7, 11) is 2.14. The van der Waals surface area contributed by atoms with Crippen LogP contribution in [0, 0.1) is 5.92 Å². The Kier molecular flexibility index (Phi) is 11.8. The molecule has 3 rings (SSSR count). The van der Waals surface area contributed by atoms with E-state index >= 15 is 0 Å². The van der Waals surface area contributed by atoms with Gasteiger partial charge < -0.3 is 19.9 Å². The third-order valence-electron chi connectivity index (χ3n) is 5.89. The molecule has 0 aliphatic carbocycles. The minimum absolute atomic E-state index is 0. The number of anilines is 1. The fourth-order valence-corrected chi connectivity index (χ4v) is 4.17. The number of guanidine groups is 1. The van der Waals surface area contributed by atoms with Crippen molar-refractivity contribution in [2.45, 2.75) is 26.2 Å². The van der Waals surface area contributed by atoms with Gasteiger partial charge in [-0.2, -0.15) is 0 Å². The molecule has 2 fully saturated rings. The first-order valence-electron chi connectivity index (χ1n) is 11.4. The Balaban J connectivity index is 0.00000320. The molecule has 1 aromatic rings. The van der Waals surface area contributed by atoms with Crippen molar-refractivity contribution in [3.8, 4) is 0 Å². The number of piperazine rings is 1. The van der Waals surface area contributed by atoms with Crippen molar-refractivity contribution in [3.63, 3.8) is 0 Å². The Morgan fingerprint density at radius 2 is 1.93 bits per heavy atom. The minimum atomic E-state index is 0. The zero-order valence-electron chi connectivity index (χ0n) is 18.8. The summed E-state index contributed by atoms with van der Waals surface area (Å²) >= 11 is 0. The number of nitrogens with one attached hydrogen (secondary N) is 1. The number of hydrogen-bond donors (Lipinski definition) is 1. The zero-order valence-corrected chi connectivity index (χ0v) is 21.1. The second-order valence-corrected chi connectivity index (χ2v) is 8.22. The Bertz CT molecular complexity index is 601. The van der Waals surface area contributed by atoms with Gasteiger partial charge in [0, 0.05) is 71.1 Å². The molecule has 1 aromatic carbocycles. The molecule has 6 nitrogen and oxygen atoms in total. The van der Waals surface area contributed by atoms with Crippen LogP contribution in [0.15, 0.2) is 35.3 Å². The van der Waals surface area contributed by atoms with Gasteiger partial charge in [-0.3, -0.25) is 9.89 Å². The molecular weight excluding hydrogens is 489 g/mol. The van der Waals surface area contributed by atoms with E-state index in [0.29, 0.717) is 5.92 Å². The maximum Gasteiger partial charge on any atom is 0.193 e. The molecule has 0 aromatic heterocycles. The van der Waals surface area contributed by atoms with Gasteiger partial charge in [-0.05, 0) is 44.9 Å². The SMILES string of the molecule is CCNC(=NCCCCN1CCN(c2ccccc2)CC1)N(C)CC1CCOC1.I. The van der Waals surface area contributed by atoms with E-state index in [2.05, 4.69) is 64.3 Å². The molecule has 1 N–H and O–H groups in total. The van der Waals surface area contributed by atoms with Crippen molar-refractivity contribution in [3.05, 3.63) is 30.3 Å². The number of aliphatic imine (C=N–C) groups is 1. The highest BCUT2D eigenvalue weighted by Crippen LogP contribution is 2.16. The smallest absolute Gasteiger partial charge is 0.193 e. The zero-order chi connectivity index (χ0) is 20.3. The van der Waals surface area contributed by atoms with Crippen LogP contribution < -0.4 is 10.2 Å². The fraction of sp³-hybridized carbons (Fsp3) is 0.696. The Morgan fingerprint density at radius 3 is 2.60 bits per heavy atom. The monoisotopic (exact) mass is 529 g/mol. The molecule has 0 saturated carbocycles. The third kappa shape index (κ3) is 8.23. The molecular formula is C23H40IN5O. The summed E-state index contributed by atoms with van der Waals surface area (Å²) in [6, 6.07) is 10.8. The molecule has 1 atom stereocenters. The van der Waals surface area contributed by atoms with Gasteiger partial charge in [0.25, 0.3) is 0 Å². The molecule has 2 aliphatic heterocycles. The van der Waals surface area contributed by atoms with Crippen molar-refractivity contribution in [2.24, 2.45) is 10.9 Å². The summed E-state index contributed by atoms with van der Waals surface area (Å²) in [5.41, 5.74) is 1.35. The number of hydrogen-bond acceptors (Lipinski definition) is 4. The van der Waals surface area contributed by atoms with Gasteiger partial charge in [0.2, 0.25) is 0 Å². The number of nitrogens with zero attached hydrogens (tertiary/aromatic N) is 4. The van der Waals surface area contributed by atoms with E-state index < -0.39 is 0 Å². The van der Waals surface area contributed by atoms with Crippen LogP contribution >= 0.6 is 24.0 Å². The number of unbranched alkanes of at least 4 members (excludes halogenated alkanes) is 1. The minimum Gasteiger partial charge on any atom is -0.381 e. The predicted molar refractivity (Wildman–Crippen MR) is 137 cm³/mol. The fourth-order valence-electron chi connectivity index (χ4n) is 4.17. The topological polar surface area (TPSA) is 43.3 Å². The van der Waals surface area contributed by atoms with Gasteiger partial charge in [-0.25, -0.2) is 0 Å². The first-order valence-corrected chi connectivity index (χ1v) is 11.4. The number of para-hydroxylation sites is 1. The molecule has 30 heavy (non-hydrogen) atoms. The normalized spacial score (nSPS) is 20.1. The molecule has 7 heteroatoms. The number of ether oxygens (including phenoxy) is 1. The highest BCUT2D eigenvalue weighted by Gasteiger charge is 2.19. The summed E-state index contributed by atoms with van der Waals surface area (Å²) < 4.78 is 5.51. The van der Waals surface area contributed by atoms with Crippen molar-refractivity contribution >= 4 is 35.6 Å². The Labute approximate surface area is 200 Å². The molecule has 2 saturated heterocycles. The first kappa shape index (κ1) is 25.2. The lowest BCUT2D eigenvalue weighted by Gasteiger charge is -2.36. The summed E-state index contributed by atoms with van der Waals surface area (Å²) in [4.78, 5) is 12.2. The van der Waals surface area contributed by atoms with E-state index in [1.165, 1.54) is 25.1 Å². The van der Waals surface area contributed by atoms with E-state index in [1.54, 1.807) is 0 Å². The van der Waals surface area contributed by atoms with Crippen molar-refractivity contribution in [2.75, 3.05) is 77.5 Å². The van der Waals surface area contributed by atoms with Gasteiger partial charge in [-0.15, -0.1) is 24.0 Å². The van der Waals surface area contributed by atoms with Crippen LogP contribution in [0.1, 0.15) is 26.2 Å². The number of benzene rings is 1. The van der Waals surface area contributed by atoms with E-state index in [9.17, 15) is 0 Å². The molecule has 2 aliphatic rings. The molecule has 170 valence electrons.